The molecule has 0 unspecified atom stereocenters. The molecule has 3 aromatic rings. The molecule has 0 spiro atoms. The Hall–Kier alpha value is -2.51. The average Bonchev–Trinajstić information content (AvgIpc) is 3.11. The minimum absolute atomic E-state index is 0.0224. The zero-order valence-electron chi connectivity index (χ0n) is 15.7. The Morgan fingerprint density at radius 2 is 2.07 bits per heavy atom. The Morgan fingerprint density at radius 3 is 2.79 bits per heavy atom. The standard InChI is InChI=1S/C20H23ClN6O/c1-12-2-4-13(5-3-12)11-27-7-6-16-18(27)17(14-8-15(21)10-23-9-14)25-19(24-16)20(28)26-22/h6-10,12-13H,2-5,11,22H2,1H3,(H,26,28)/t12-,13-. The minimum Gasteiger partial charge on any atom is -0.344 e. The molecule has 0 saturated heterocycles. The summed E-state index contributed by atoms with van der Waals surface area (Å²) in [5, 5.41) is 0.508. The molecule has 3 N–H and O–H groups in total. The first-order valence-corrected chi connectivity index (χ1v) is 9.91. The summed E-state index contributed by atoms with van der Waals surface area (Å²) < 4.78 is 2.19. The van der Waals surface area contributed by atoms with Crippen molar-refractivity contribution >= 4 is 28.5 Å². The van der Waals surface area contributed by atoms with Gasteiger partial charge in [-0.05, 0) is 36.8 Å². The van der Waals surface area contributed by atoms with Crippen LogP contribution in [0.15, 0.2) is 30.7 Å². The van der Waals surface area contributed by atoms with Crippen LogP contribution in [0.25, 0.3) is 22.3 Å². The zero-order valence-corrected chi connectivity index (χ0v) is 16.5. The lowest BCUT2D eigenvalue weighted by Gasteiger charge is -2.26. The van der Waals surface area contributed by atoms with Crippen LogP contribution in [-0.2, 0) is 6.54 Å². The second-order valence-corrected chi connectivity index (χ2v) is 8.03. The predicted octanol–water partition coefficient (Wildman–Crippen LogP) is 3.58. The Bertz CT molecular complexity index is 1010. The van der Waals surface area contributed by atoms with Crippen LogP contribution in [0.5, 0.6) is 0 Å². The van der Waals surface area contributed by atoms with Crippen LogP contribution in [0.4, 0.5) is 0 Å². The number of hydrogen-bond acceptors (Lipinski definition) is 5. The van der Waals surface area contributed by atoms with Crippen LogP contribution in [0.2, 0.25) is 5.02 Å². The van der Waals surface area contributed by atoms with Gasteiger partial charge in [0.05, 0.1) is 16.1 Å². The van der Waals surface area contributed by atoms with E-state index >= 15 is 0 Å². The fourth-order valence-corrected chi connectivity index (χ4v) is 4.13. The number of pyridine rings is 1. The second-order valence-electron chi connectivity index (χ2n) is 7.59. The van der Waals surface area contributed by atoms with Crippen LogP contribution in [0.1, 0.15) is 43.2 Å². The fourth-order valence-electron chi connectivity index (χ4n) is 3.96. The van der Waals surface area contributed by atoms with E-state index < -0.39 is 5.91 Å². The van der Waals surface area contributed by atoms with E-state index in [4.69, 9.17) is 17.4 Å². The summed E-state index contributed by atoms with van der Waals surface area (Å²) in [5.74, 6) is 6.21. The average molecular weight is 399 g/mol. The lowest BCUT2D eigenvalue weighted by Crippen LogP contribution is -2.31. The number of hydrogen-bond donors (Lipinski definition) is 2. The van der Waals surface area contributed by atoms with E-state index in [-0.39, 0.29) is 5.82 Å². The molecule has 28 heavy (non-hydrogen) atoms. The third-order valence-electron chi connectivity index (χ3n) is 5.51. The van der Waals surface area contributed by atoms with Crippen LogP contribution in [-0.4, -0.2) is 25.4 Å². The van der Waals surface area contributed by atoms with Gasteiger partial charge in [0, 0.05) is 30.7 Å². The number of rotatable bonds is 4. The van der Waals surface area contributed by atoms with Gasteiger partial charge in [-0.15, -0.1) is 0 Å². The molecule has 0 radical (unpaired) electrons. The van der Waals surface area contributed by atoms with E-state index in [0.29, 0.717) is 22.2 Å². The molecular formula is C20H23ClN6O. The fraction of sp³-hybridized carbons (Fsp3) is 0.400. The van der Waals surface area contributed by atoms with Gasteiger partial charge in [-0.2, -0.15) is 0 Å². The van der Waals surface area contributed by atoms with Gasteiger partial charge in [-0.1, -0.05) is 31.4 Å². The monoisotopic (exact) mass is 398 g/mol. The summed E-state index contributed by atoms with van der Waals surface area (Å²) in [5.41, 5.74) is 5.06. The molecule has 7 nitrogen and oxygen atoms in total. The van der Waals surface area contributed by atoms with Crippen LogP contribution in [0, 0.1) is 11.8 Å². The summed E-state index contributed by atoms with van der Waals surface area (Å²) in [6.07, 6.45) is 10.3. The first kappa shape index (κ1) is 18.8. The van der Waals surface area contributed by atoms with Gasteiger partial charge < -0.3 is 4.57 Å². The van der Waals surface area contributed by atoms with Gasteiger partial charge in [0.15, 0.2) is 0 Å². The van der Waals surface area contributed by atoms with Crippen molar-refractivity contribution in [2.45, 2.75) is 39.2 Å². The van der Waals surface area contributed by atoms with Gasteiger partial charge in [0.2, 0.25) is 5.82 Å². The van der Waals surface area contributed by atoms with Crippen molar-refractivity contribution < 1.29 is 4.79 Å². The molecule has 1 saturated carbocycles. The topological polar surface area (TPSA) is 98.7 Å². The number of fused-ring (bicyclic) bond motifs is 1. The third-order valence-corrected chi connectivity index (χ3v) is 5.72. The third kappa shape index (κ3) is 3.72. The van der Waals surface area contributed by atoms with Gasteiger partial charge in [-0.25, -0.2) is 15.8 Å². The number of amides is 1. The van der Waals surface area contributed by atoms with E-state index in [9.17, 15) is 4.79 Å². The van der Waals surface area contributed by atoms with Crippen LogP contribution >= 0.6 is 11.6 Å². The largest absolute Gasteiger partial charge is 0.344 e. The van der Waals surface area contributed by atoms with Gasteiger partial charge >= 0.3 is 5.91 Å². The number of nitrogens with one attached hydrogen (secondary N) is 1. The predicted molar refractivity (Wildman–Crippen MR) is 109 cm³/mol. The molecule has 1 aliphatic carbocycles. The van der Waals surface area contributed by atoms with Crippen molar-refractivity contribution in [2.75, 3.05) is 0 Å². The summed E-state index contributed by atoms with van der Waals surface area (Å²) in [4.78, 5) is 25.1. The zero-order chi connectivity index (χ0) is 19.7. The summed E-state index contributed by atoms with van der Waals surface area (Å²) >= 11 is 6.15. The van der Waals surface area contributed by atoms with Gasteiger partial charge in [0.1, 0.15) is 5.69 Å². The molecule has 1 aliphatic rings. The summed E-state index contributed by atoms with van der Waals surface area (Å²) in [6, 6.07) is 3.71. The molecule has 0 bridgehead atoms. The maximum atomic E-state index is 12.1. The molecule has 3 aromatic heterocycles. The van der Waals surface area contributed by atoms with E-state index in [2.05, 4.69) is 31.9 Å². The van der Waals surface area contributed by atoms with Crippen molar-refractivity contribution in [3.05, 3.63) is 41.6 Å². The van der Waals surface area contributed by atoms with Gasteiger partial charge in [-0.3, -0.25) is 15.2 Å². The normalized spacial score (nSPS) is 19.7. The Morgan fingerprint density at radius 1 is 1.29 bits per heavy atom. The smallest absolute Gasteiger partial charge is 0.302 e. The molecule has 3 heterocycles. The maximum absolute atomic E-state index is 12.1. The summed E-state index contributed by atoms with van der Waals surface area (Å²) in [6.45, 7) is 3.23. The van der Waals surface area contributed by atoms with Crippen molar-refractivity contribution in [2.24, 2.45) is 17.7 Å². The number of aromatic nitrogens is 4. The molecule has 8 heteroatoms. The highest BCUT2D eigenvalue weighted by Gasteiger charge is 2.22. The highest BCUT2D eigenvalue weighted by molar-refractivity contribution is 6.30. The second kappa shape index (κ2) is 7.85. The number of carbonyl (C=O) groups excluding carboxylic acids is 1. The van der Waals surface area contributed by atoms with Crippen LogP contribution < -0.4 is 11.3 Å². The maximum Gasteiger partial charge on any atom is 0.302 e. The highest BCUT2D eigenvalue weighted by Crippen LogP contribution is 2.33. The van der Waals surface area contributed by atoms with Gasteiger partial charge in [0.25, 0.3) is 0 Å². The van der Waals surface area contributed by atoms with E-state index in [1.807, 2.05) is 12.3 Å². The number of nitrogens with zero attached hydrogens (tertiary/aromatic N) is 4. The Labute approximate surface area is 168 Å². The Balaban J connectivity index is 1.81. The number of halogens is 1. The lowest BCUT2D eigenvalue weighted by atomic mass is 9.83. The van der Waals surface area contributed by atoms with Crippen molar-refractivity contribution in [3.8, 4) is 11.3 Å². The molecule has 0 aliphatic heterocycles. The molecule has 0 aromatic carbocycles. The minimum atomic E-state index is -0.535. The summed E-state index contributed by atoms with van der Waals surface area (Å²) in [7, 11) is 0. The molecule has 0 atom stereocenters. The quantitative estimate of drug-likeness (QED) is 0.397. The van der Waals surface area contributed by atoms with E-state index in [1.165, 1.54) is 25.7 Å². The van der Waals surface area contributed by atoms with Crippen molar-refractivity contribution in [1.82, 2.24) is 24.9 Å². The SMILES string of the molecule is C[C@H]1CC[C@H](Cn2ccc3nc(C(=O)NN)nc(-c4cncc(Cl)c4)c32)CC1. The van der Waals surface area contributed by atoms with E-state index in [1.54, 1.807) is 18.5 Å². The molecule has 1 fully saturated rings. The number of hydrazine groups is 1. The first-order chi connectivity index (χ1) is 13.5. The number of carbonyl (C=O) groups is 1. The molecule has 146 valence electrons. The highest BCUT2D eigenvalue weighted by atomic mass is 35.5. The van der Waals surface area contributed by atoms with E-state index in [0.717, 1.165) is 23.5 Å². The molecular weight excluding hydrogens is 376 g/mol. The number of nitrogens with two attached hydrogens (primary N) is 1. The molecule has 1 amide bonds. The van der Waals surface area contributed by atoms with Crippen molar-refractivity contribution in [1.29, 1.82) is 0 Å². The number of nitrogen functional groups attached to an aromatic ring is 1. The lowest BCUT2D eigenvalue weighted by molar-refractivity contribution is 0.0943. The Kier molecular flexibility index (Phi) is 5.28. The van der Waals surface area contributed by atoms with Crippen LogP contribution in [0.3, 0.4) is 0 Å². The van der Waals surface area contributed by atoms with Crippen molar-refractivity contribution in [3.63, 3.8) is 0 Å². The first-order valence-electron chi connectivity index (χ1n) is 9.54. The molecule has 4 rings (SSSR count).